The van der Waals surface area contributed by atoms with Crippen molar-refractivity contribution < 1.29 is 28.7 Å². The third-order valence-corrected chi connectivity index (χ3v) is 6.30. The Morgan fingerprint density at radius 2 is 1.78 bits per heavy atom. The highest BCUT2D eigenvalue weighted by molar-refractivity contribution is 8.18. The van der Waals surface area contributed by atoms with Gasteiger partial charge in [-0.25, -0.2) is 4.79 Å². The summed E-state index contributed by atoms with van der Waals surface area (Å²) < 4.78 is 10.1. The number of piperidine rings is 1. The fourth-order valence-electron chi connectivity index (χ4n) is 3.30. The number of nitrogens with zero attached hydrogens (tertiary/aromatic N) is 2. The molecule has 172 valence electrons. The molecule has 3 rings (SSSR count). The number of carbonyl (C=O) groups is 4. The van der Waals surface area contributed by atoms with Crippen molar-refractivity contribution in [3.63, 3.8) is 0 Å². The molecule has 0 aromatic heterocycles. The summed E-state index contributed by atoms with van der Waals surface area (Å²) in [4.78, 5) is 51.8. The van der Waals surface area contributed by atoms with Gasteiger partial charge in [-0.05, 0) is 61.7 Å². The van der Waals surface area contributed by atoms with Crippen LogP contribution in [0.1, 0.15) is 31.7 Å². The zero-order valence-corrected chi connectivity index (χ0v) is 19.7. The zero-order valence-electron chi connectivity index (χ0n) is 17.4. The van der Waals surface area contributed by atoms with E-state index in [1.807, 2.05) is 0 Å². The molecule has 3 amide bonds. The summed E-state index contributed by atoms with van der Waals surface area (Å²) in [6.07, 6.45) is 4.40. The monoisotopic (exact) mass is 500 g/mol. The van der Waals surface area contributed by atoms with Gasteiger partial charge in [-0.1, -0.05) is 23.2 Å². The van der Waals surface area contributed by atoms with Crippen LogP contribution in [0, 0.1) is 0 Å². The van der Waals surface area contributed by atoms with Crippen molar-refractivity contribution in [2.45, 2.75) is 26.2 Å². The van der Waals surface area contributed by atoms with Crippen LogP contribution in [-0.2, 0) is 19.1 Å². The molecule has 2 saturated heterocycles. The molecule has 0 spiro atoms. The molecule has 32 heavy (non-hydrogen) atoms. The number of imide groups is 1. The first kappa shape index (κ1) is 24.4. The number of likely N-dealkylation sites (tertiary alicyclic amines) is 1. The van der Waals surface area contributed by atoms with E-state index >= 15 is 0 Å². The minimum absolute atomic E-state index is 0.110. The molecule has 11 heteroatoms. The fraction of sp³-hybridized carbons (Fsp3) is 0.429. The third-order valence-electron chi connectivity index (χ3n) is 4.83. The summed E-state index contributed by atoms with van der Waals surface area (Å²) in [6, 6.07) is 3.00. The molecule has 2 fully saturated rings. The second kappa shape index (κ2) is 11.1. The van der Waals surface area contributed by atoms with Crippen molar-refractivity contribution in [2.75, 3.05) is 32.8 Å². The molecule has 2 aliphatic rings. The summed E-state index contributed by atoms with van der Waals surface area (Å²) in [5, 5.41) is -0.238. The van der Waals surface area contributed by atoms with Gasteiger partial charge in [0.1, 0.15) is 6.54 Å². The van der Waals surface area contributed by atoms with Crippen LogP contribution in [0.3, 0.4) is 0 Å². The molecule has 0 radical (unpaired) electrons. The van der Waals surface area contributed by atoms with Crippen LogP contribution < -0.4 is 4.74 Å². The Balaban J connectivity index is 1.69. The lowest BCUT2D eigenvalue weighted by Crippen LogP contribution is -2.44. The van der Waals surface area contributed by atoms with Crippen LogP contribution in [0.25, 0.3) is 6.08 Å². The van der Waals surface area contributed by atoms with Gasteiger partial charge in [0.05, 0.1) is 21.6 Å². The number of amides is 3. The maximum absolute atomic E-state index is 12.7. The van der Waals surface area contributed by atoms with Gasteiger partial charge in [-0.15, -0.1) is 0 Å². The molecule has 0 atom stereocenters. The van der Waals surface area contributed by atoms with Gasteiger partial charge in [-0.3, -0.25) is 19.3 Å². The van der Waals surface area contributed by atoms with Crippen molar-refractivity contribution in [3.8, 4) is 5.75 Å². The maximum Gasteiger partial charge on any atom is 0.344 e. The summed E-state index contributed by atoms with van der Waals surface area (Å²) in [7, 11) is 0. The molecule has 0 N–H and O–H groups in total. The van der Waals surface area contributed by atoms with Gasteiger partial charge in [-0.2, -0.15) is 0 Å². The minimum Gasteiger partial charge on any atom is -0.479 e. The van der Waals surface area contributed by atoms with E-state index in [0.717, 1.165) is 35.9 Å². The highest BCUT2D eigenvalue weighted by Crippen LogP contribution is 2.37. The molecular formula is C21H22Cl2N2O6S. The van der Waals surface area contributed by atoms with Gasteiger partial charge in [0.15, 0.2) is 12.4 Å². The fourth-order valence-corrected chi connectivity index (χ4v) is 4.75. The van der Waals surface area contributed by atoms with Crippen molar-refractivity contribution >= 4 is 64.1 Å². The van der Waals surface area contributed by atoms with E-state index in [-0.39, 0.29) is 46.4 Å². The number of rotatable bonds is 7. The van der Waals surface area contributed by atoms with Crippen LogP contribution in [0.2, 0.25) is 10.0 Å². The predicted octanol–water partition coefficient (Wildman–Crippen LogP) is 3.98. The Bertz CT molecular complexity index is 939. The average molecular weight is 501 g/mol. The van der Waals surface area contributed by atoms with Crippen LogP contribution in [0.4, 0.5) is 4.79 Å². The lowest BCUT2D eigenvalue weighted by Gasteiger charge is -2.27. The second-order valence-electron chi connectivity index (χ2n) is 7.12. The van der Waals surface area contributed by atoms with E-state index in [0.29, 0.717) is 18.7 Å². The number of hydrogen-bond donors (Lipinski definition) is 0. The van der Waals surface area contributed by atoms with Gasteiger partial charge in [0, 0.05) is 13.1 Å². The number of halogens is 2. The first-order valence-electron chi connectivity index (χ1n) is 10.1. The predicted molar refractivity (Wildman–Crippen MR) is 122 cm³/mol. The van der Waals surface area contributed by atoms with E-state index < -0.39 is 17.1 Å². The highest BCUT2D eigenvalue weighted by Gasteiger charge is 2.37. The number of benzene rings is 1. The summed E-state index contributed by atoms with van der Waals surface area (Å²) in [6.45, 7) is 2.57. The standard InChI is InChI=1S/C21H22Cl2N2O6S/c1-2-30-18(27)12-31-19-14(22)8-13(9-15(19)23)10-16-20(28)25(21(29)32-16)11-17(26)24-6-4-3-5-7-24/h8-10H,2-7,11-12H2,1H3/b16-10-. The Hall–Kier alpha value is -2.23. The smallest absolute Gasteiger partial charge is 0.344 e. The number of hydrogen-bond acceptors (Lipinski definition) is 7. The molecular weight excluding hydrogens is 479 g/mol. The van der Waals surface area contributed by atoms with Gasteiger partial charge < -0.3 is 14.4 Å². The summed E-state index contributed by atoms with van der Waals surface area (Å²) in [5.41, 5.74) is 0.469. The largest absolute Gasteiger partial charge is 0.479 e. The Morgan fingerprint density at radius 1 is 1.12 bits per heavy atom. The number of carbonyl (C=O) groups excluding carboxylic acids is 4. The maximum atomic E-state index is 12.7. The molecule has 1 aromatic carbocycles. The number of thioether (sulfide) groups is 1. The molecule has 1 aromatic rings. The molecule has 8 nitrogen and oxygen atoms in total. The van der Waals surface area contributed by atoms with E-state index in [1.165, 1.54) is 18.2 Å². The quantitative estimate of drug-likeness (QED) is 0.412. The SMILES string of the molecule is CCOC(=O)COc1c(Cl)cc(/C=C2\SC(=O)N(CC(=O)N3CCCCC3)C2=O)cc1Cl. The zero-order chi connectivity index (χ0) is 23.3. The lowest BCUT2D eigenvalue weighted by molar-refractivity contribution is -0.145. The first-order chi connectivity index (χ1) is 15.3. The first-order valence-corrected chi connectivity index (χ1v) is 11.7. The van der Waals surface area contributed by atoms with E-state index in [2.05, 4.69) is 0 Å². The van der Waals surface area contributed by atoms with Crippen LogP contribution >= 0.6 is 35.0 Å². The Kier molecular flexibility index (Phi) is 8.44. The molecule has 0 saturated carbocycles. The highest BCUT2D eigenvalue weighted by atomic mass is 35.5. The Labute approximate surface area is 199 Å². The average Bonchev–Trinajstić information content (AvgIpc) is 3.01. The lowest BCUT2D eigenvalue weighted by atomic mass is 10.1. The normalized spacial score (nSPS) is 17.8. The van der Waals surface area contributed by atoms with Crippen LogP contribution in [0.15, 0.2) is 17.0 Å². The number of esters is 1. The summed E-state index contributed by atoms with van der Waals surface area (Å²) >= 11 is 13.2. The minimum atomic E-state index is -0.559. The summed E-state index contributed by atoms with van der Waals surface area (Å²) in [5.74, 6) is -1.22. The van der Waals surface area contributed by atoms with Crippen LogP contribution in [-0.4, -0.2) is 65.7 Å². The molecule has 0 aliphatic carbocycles. The Morgan fingerprint density at radius 3 is 2.41 bits per heavy atom. The van der Waals surface area contributed by atoms with E-state index in [1.54, 1.807) is 11.8 Å². The topological polar surface area (TPSA) is 93.2 Å². The molecule has 2 aliphatic heterocycles. The molecule has 0 bridgehead atoms. The van der Waals surface area contributed by atoms with Crippen LogP contribution in [0.5, 0.6) is 5.75 Å². The van der Waals surface area contributed by atoms with E-state index in [9.17, 15) is 19.2 Å². The van der Waals surface area contributed by atoms with Crippen molar-refractivity contribution in [1.82, 2.24) is 9.80 Å². The van der Waals surface area contributed by atoms with Crippen molar-refractivity contribution in [2.24, 2.45) is 0 Å². The van der Waals surface area contributed by atoms with E-state index in [4.69, 9.17) is 32.7 Å². The van der Waals surface area contributed by atoms with Gasteiger partial charge >= 0.3 is 5.97 Å². The second-order valence-corrected chi connectivity index (χ2v) is 8.92. The third kappa shape index (κ3) is 5.96. The number of ether oxygens (including phenoxy) is 2. The molecule has 0 unspecified atom stereocenters. The van der Waals surface area contributed by atoms with Gasteiger partial charge in [0.2, 0.25) is 5.91 Å². The molecule has 2 heterocycles. The van der Waals surface area contributed by atoms with Crippen molar-refractivity contribution in [3.05, 3.63) is 32.6 Å². The van der Waals surface area contributed by atoms with Crippen molar-refractivity contribution in [1.29, 1.82) is 0 Å². The van der Waals surface area contributed by atoms with Gasteiger partial charge in [0.25, 0.3) is 11.1 Å².